The fraction of sp³-hybridized carbons (Fsp3) is 0.0556. The number of rotatable bonds is 2. The minimum absolute atomic E-state index is 0.157. The Balaban J connectivity index is 1.69. The highest BCUT2D eigenvalue weighted by molar-refractivity contribution is 8.26. The molecule has 1 N–H and O–H groups in total. The molecule has 2 aliphatic rings. The molecule has 1 aromatic carbocycles. The molecule has 0 saturated carbocycles. The lowest BCUT2D eigenvalue weighted by molar-refractivity contribution is -0.124. The smallest absolute Gasteiger partial charge is 0.286 e. The number of hydrazine groups is 1. The van der Waals surface area contributed by atoms with Crippen LogP contribution in [0.4, 0.5) is 5.69 Å². The molecule has 3 heterocycles. The first-order valence-corrected chi connectivity index (χ1v) is 9.10. The van der Waals surface area contributed by atoms with Crippen LogP contribution in [0.25, 0.3) is 5.57 Å². The molecule has 7 nitrogen and oxygen atoms in total. The molecule has 0 bridgehead atoms. The van der Waals surface area contributed by atoms with Gasteiger partial charge in [-0.2, -0.15) is 5.01 Å². The quantitative estimate of drug-likeness (QED) is 0.617. The molecule has 0 aliphatic carbocycles. The highest BCUT2D eigenvalue weighted by Gasteiger charge is 2.41. The third-order valence-corrected chi connectivity index (χ3v) is 5.58. The second-order valence-electron chi connectivity index (χ2n) is 5.77. The van der Waals surface area contributed by atoms with Gasteiger partial charge in [-0.3, -0.25) is 24.8 Å². The Morgan fingerprint density at radius 1 is 1.11 bits per heavy atom. The molecule has 1 aromatic heterocycles. The van der Waals surface area contributed by atoms with Crippen LogP contribution in [0.15, 0.2) is 53.7 Å². The topological polar surface area (TPSA) is 82.6 Å². The number of carbonyl (C=O) groups excluding carboxylic acids is 3. The number of hydrogen-bond donors (Lipinski definition) is 1. The average molecular weight is 396 g/mol. The number of nitrogens with one attached hydrogen (secondary N) is 1. The number of benzene rings is 1. The van der Waals surface area contributed by atoms with E-state index in [0.29, 0.717) is 16.7 Å². The average Bonchev–Trinajstić information content (AvgIpc) is 3.10. The highest BCUT2D eigenvalue weighted by atomic mass is 32.2. The zero-order chi connectivity index (χ0) is 19.1. The molecule has 27 heavy (non-hydrogen) atoms. The van der Waals surface area contributed by atoms with Gasteiger partial charge in [-0.1, -0.05) is 30.0 Å². The van der Waals surface area contributed by atoms with Gasteiger partial charge >= 0.3 is 0 Å². The van der Waals surface area contributed by atoms with Gasteiger partial charge in [0.15, 0.2) is 4.32 Å². The first-order valence-electron chi connectivity index (χ1n) is 7.88. The van der Waals surface area contributed by atoms with Crippen molar-refractivity contribution >= 4 is 57.3 Å². The van der Waals surface area contributed by atoms with Crippen molar-refractivity contribution in [2.24, 2.45) is 0 Å². The molecule has 9 heteroatoms. The normalized spacial score (nSPS) is 18.9. The highest BCUT2D eigenvalue weighted by Crippen LogP contribution is 2.43. The fourth-order valence-electron chi connectivity index (χ4n) is 2.87. The molecule has 1 saturated heterocycles. The Bertz CT molecular complexity index is 1040. The Kier molecular flexibility index (Phi) is 4.25. The number of anilines is 1. The standard InChI is InChI=1S/C18H12N4O3S2/c1-21-12-5-3-2-4-11(12)13(16(21)24)14-17(25)22(18(26)27-14)20-15(23)10-6-8-19-9-7-10/h2-9H,1H3,(H,20,23). The van der Waals surface area contributed by atoms with E-state index in [2.05, 4.69) is 10.4 Å². The number of thioether (sulfide) groups is 1. The largest absolute Gasteiger partial charge is 0.311 e. The maximum absolute atomic E-state index is 12.9. The molecule has 0 unspecified atom stereocenters. The summed E-state index contributed by atoms with van der Waals surface area (Å²) in [6.45, 7) is 0. The second kappa shape index (κ2) is 6.60. The van der Waals surface area contributed by atoms with Crippen LogP contribution in [0.5, 0.6) is 0 Å². The maximum Gasteiger partial charge on any atom is 0.286 e. The lowest BCUT2D eigenvalue weighted by atomic mass is 10.1. The molecule has 0 radical (unpaired) electrons. The van der Waals surface area contributed by atoms with Gasteiger partial charge in [-0.15, -0.1) is 0 Å². The number of fused-ring (bicyclic) bond motifs is 1. The lowest BCUT2D eigenvalue weighted by Crippen LogP contribution is -2.45. The molecule has 2 aliphatic heterocycles. The maximum atomic E-state index is 12.9. The monoisotopic (exact) mass is 396 g/mol. The summed E-state index contributed by atoms with van der Waals surface area (Å²) in [6, 6.07) is 10.3. The Labute approximate surface area is 164 Å². The number of aromatic nitrogens is 1. The molecule has 4 rings (SSSR count). The predicted molar refractivity (Wildman–Crippen MR) is 106 cm³/mol. The summed E-state index contributed by atoms with van der Waals surface area (Å²) in [7, 11) is 1.65. The van der Waals surface area contributed by atoms with Crippen LogP contribution in [0.1, 0.15) is 15.9 Å². The Morgan fingerprint density at radius 3 is 2.56 bits per heavy atom. The Hall–Kier alpha value is -3.04. The number of hydrogen-bond acceptors (Lipinski definition) is 6. The van der Waals surface area contributed by atoms with Crippen molar-refractivity contribution in [2.75, 3.05) is 11.9 Å². The van der Waals surface area contributed by atoms with Crippen molar-refractivity contribution in [1.29, 1.82) is 0 Å². The van der Waals surface area contributed by atoms with Crippen LogP contribution in [-0.2, 0) is 9.59 Å². The van der Waals surface area contributed by atoms with E-state index in [9.17, 15) is 14.4 Å². The number of pyridine rings is 1. The first kappa shape index (κ1) is 17.4. The number of nitrogens with zero attached hydrogens (tertiary/aromatic N) is 3. The van der Waals surface area contributed by atoms with Crippen molar-refractivity contribution in [1.82, 2.24) is 15.4 Å². The van der Waals surface area contributed by atoms with E-state index in [1.807, 2.05) is 12.1 Å². The minimum Gasteiger partial charge on any atom is -0.311 e. The van der Waals surface area contributed by atoms with Crippen LogP contribution >= 0.6 is 24.0 Å². The number of likely N-dealkylation sites (N-methyl/N-ethyl adjacent to an activating group) is 1. The van der Waals surface area contributed by atoms with Gasteiger partial charge in [-0.05, 0) is 30.4 Å². The zero-order valence-electron chi connectivity index (χ0n) is 14.0. The molecular formula is C18H12N4O3S2. The van der Waals surface area contributed by atoms with Crippen LogP contribution in [-0.4, -0.2) is 39.1 Å². The van der Waals surface area contributed by atoms with Gasteiger partial charge in [0.25, 0.3) is 17.7 Å². The van der Waals surface area contributed by atoms with E-state index in [-0.39, 0.29) is 15.1 Å². The van der Waals surface area contributed by atoms with Crippen molar-refractivity contribution in [3.8, 4) is 0 Å². The van der Waals surface area contributed by atoms with E-state index in [1.54, 1.807) is 19.2 Å². The number of amides is 3. The molecule has 0 spiro atoms. The van der Waals surface area contributed by atoms with Crippen molar-refractivity contribution in [3.63, 3.8) is 0 Å². The van der Waals surface area contributed by atoms with Gasteiger partial charge < -0.3 is 4.90 Å². The summed E-state index contributed by atoms with van der Waals surface area (Å²) >= 11 is 6.25. The van der Waals surface area contributed by atoms with E-state index < -0.39 is 11.8 Å². The third-order valence-electron chi connectivity index (χ3n) is 4.21. The summed E-state index contributed by atoms with van der Waals surface area (Å²) in [6.07, 6.45) is 2.95. The summed E-state index contributed by atoms with van der Waals surface area (Å²) in [5, 5.41) is 0.999. The second-order valence-corrected chi connectivity index (χ2v) is 7.41. The SMILES string of the molecule is CN1C(=O)C(=C2SC(=S)N(NC(=O)c3ccncc3)C2=O)c2ccccc21. The van der Waals surface area contributed by atoms with Gasteiger partial charge in [0.1, 0.15) is 0 Å². The van der Waals surface area contributed by atoms with Crippen LogP contribution in [0.2, 0.25) is 0 Å². The molecule has 1 fully saturated rings. The van der Waals surface area contributed by atoms with E-state index in [1.165, 1.54) is 29.4 Å². The van der Waals surface area contributed by atoms with Crippen LogP contribution < -0.4 is 10.3 Å². The summed E-state index contributed by atoms with van der Waals surface area (Å²) in [4.78, 5) is 43.5. The zero-order valence-corrected chi connectivity index (χ0v) is 15.6. The van der Waals surface area contributed by atoms with Crippen molar-refractivity contribution < 1.29 is 14.4 Å². The van der Waals surface area contributed by atoms with Gasteiger partial charge in [-0.25, -0.2) is 0 Å². The minimum atomic E-state index is -0.527. The Morgan fingerprint density at radius 2 is 1.81 bits per heavy atom. The summed E-state index contributed by atoms with van der Waals surface area (Å²) in [5.74, 6) is -1.30. The van der Waals surface area contributed by atoms with E-state index >= 15 is 0 Å². The first-order chi connectivity index (χ1) is 13.0. The van der Waals surface area contributed by atoms with Crippen molar-refractivity contribution in [3.05, 3.63) is 64.8 Å². The molecular weight excluding hydrogens is 384 g/mol. The van der Waals surface area contributed by atoms with Crippen LogP contribution in [0.3, 0.4) is 0 Å². The van der Waals surface area contributed by atoms with Crippen molar-refractivity contribution in [2.45, 2.75) is 0 Å². The van der Waals surface area contributed by atoms with Gasteiger partial charge in [0.2, 0.25) is 0 Å². The lowest BCUT2D eigenvalue weighted by Gasteiger charge is -2.15. The number of carbonyl (C=O) groups is 3. The number of para-hydroxylation sites is 1. The fourth-order valence-corrected chi connectivity index (χ4v) is 4.13. The van der Waals surface area contributed by atoms with Gasteiger partial charge in [0, 0.05) is 30.6 Å². The predicted octanol–water partition coefficient (Wildman–Crippen LogP) is 1.97. The molecule has 134 valence electrons. The number of thiocarbonyl (C=S) groups is 1. The van der Waals surface area contributed by atoms with E-state index in [4.69, 9.17) is 12.2 Å². The molecule has 3 amide bonds. The molecule has 2 aromatic rings. The molecule has 0 atom stereocenters. The summed E-state index contributed by atoms with van der Waals surface area (Å²) in [5.41, 5.74) is 4.53. The van der Waals surface area contributed by atoms with E-state index in [0.717, 1.165) is 22.5 Å². The van der Waals surface area contributed by atoms with Crippen LogP contribution in [0, 0.1) is 0 Å². The van der Waals surface area contributed by atoms with Gasteiger partial charge in [0.05, 0.1) is 16.2 Å². The third kappa shape index (κ3) is 2.81. The summed E-state index contributed by atoms with van der Waals surface area (Å²) < 4.78 is 0.157.